The summed E-state index contributed by atoms with van der Waals surface area (Å²) in [6.45, 7) is 9.83. The summed E-state index contributed by atoms with van der Waals surface area (Å²) in [5.74, 6) is 4.53. The Bertz CT molecular complexity index is 636. The van der Waals surface area contributed by atoms with Crippen molar-refractivity contribution in [3.8, 4) is 0 Å². The van der Waals surface area contributed by atoms with E-state index in [1.54, 1.807) is 0 Å². The Labute approximate surface area is 178 Å². The Balaban J connectivity index is 1.52. The van der Waals surface area contributed by atoms with Gasteiger partial charge in [-0.15, -0.1) is 0 Å². The van der Waals surface area contributed by atoms with Crippen molar-refractivity contribution in [1.82, 2.24) is 0 Å². The summed E-state index contributed by atoms with van der Waals surface area (Å²) in [6.07, 6.45) is 16.5. The zero-order chi connectivity index (χ0) is 20.8. The minimum Gasteiger partial charge on any atom is -0.393 e. The van der Waals surface area contributed by atoms with Crippen molar-refractivity contribution in [3.05, 3.63) is 11.6 Å². The molecular weight excluding hydrogens is 356 g/mol. The van der Waals surface area contributed by atoms with Crippen LogP contribution < -0.4 is 0 Å². The van der Waals surface area contributed by atoms with Crippen molar-refractivity contribution >= 4 is 6.29 Å². The van der Waals surface area contributed by atoms with Gasteiger partial charge in [-0.3, -0.25) is 0 Å². The molecule has 3 saturated carbocycles. The molecule has 0 unspecified atom stereocenters. The second-order valence-electron chi connectivity index (χ2n) is 11.9. The van der Waals surface area contributed by atoms with Gasteiger partial charge in [0.1, 0.15) is 6.29 Å². The van der Waals surface area contributed by atoms with Crippen molar-refractivity contribution in [2.24, 2.45) is 46.3 Å². The molecule has 0 spiro atoms. The average molecular weight is 401 g/mol. The Morgan fingerprint density at radius 2 is 1.90 bits per heavy atom. The molecule has 29 heavy (non-hydrogen) atoms. The number of hydrogen-bond acceptors (Lipinski definition) is 2. The highest BCUT2D eigenvalue weighted by Crippen LogP contribution is 2.67. The Morgan fingerprint density at radius 3 is 2.62 bits per heavy atom. The Hall–Kier alpha value is -0.630. The lowest BCUT2D eigenvalue weighted by Crippen LogP contribution is -2.52. The van der Waals surface area contributed by atoms with Crippen molar-refractivity contribution < 1.29 is 9.90 Å². The number of hydrogen-bond donors (Lipinski definition) is 1. The molecular formula is C27H44O2. The monoisotopic (exact) mass is 400 g/mol. The lowest BCUT2D eigenvalue weighted by atomic mass is 9.46. The van der Waals surface area contributed by atoms with Gasteiger partial charge in [0, 0.05) is 0 Å². The highest BCUT2D eigenvalue weighted by Gasteiger charge is 2.60. The maximum atomic E-state index is 12.5. The lowest BCUT2D eigenvalue weighted by Gasteiger charge is -2.57. The number of aliphatic hydroxyl groups excluding tert-OH is 1. The van der Waals surface area contributed by atoms with E-state index < -0.39 is 0 Å². The van der Waals surface area contributed by atoms with E-state index in [1.807, 2.05) is 0 Å². The van der Waals surface area contributed by atoms with E-state index in [0.29, 0.717) is 17.3 Å². The van der Waals surface area contributed by atoms with Crippen LogP contribution in [0.15, 0.2) is 11.6 Å². The zero-order valence-corrected chi connectivity index (χ0v) is 19.3. The summed E-state index contributed by atoms with van der Waals surface area (Å²) in [4.78, 5) is 12.5. The summed E-state index contributed by atoms with van der Waals surface area (Å²) in [5, 5.41) is 10.2. The third-order valence-electron chi connectivity index (χ3n) is 10.1. The van der Waals surface area contributed by atoms with Crippen molar-refractivity contribution in [2.75, 3.05) is 0 Å². The van der Waals surface area contributed by atoms with Gasteiger partial charge < -0.3 is 9.90 Å². The normalized spacial score (nSPS) is 45.2. The molecule has 0 saturated heterocycles. The number of fused-ring (bicyclic) bond motifs is 5. The fourth-order valence-electron chi connectivity index (χ4n) is 8.59. The van der Waals surface area contributed by atoms with Gasteiger partial charge in [0.25, 0.3) is 0 Å². The third kappa shape index (κ3) is 3.56. The summed E-state index contributed by atoms with van der Waals surface area (Å²) >= 11 is 0. The highest BCUT2D eigenvalue weighted by molar-refractivity contribution is 5.67. The van der Waals surface area contributed by atoms with Crippen molar-refractivity contribution in [3.63, 3.8) is 0 Å². The SMILES string of the molecule is CC(C)CCC[C@@H](C)[C@@H]1CC[C@@H]2[C@@H]3CC=C4C[C@H](O)CC[C@]4(C=O)[C@H]3CC[C@@]21C. The molecule has 164 valence electrons. The third-order valence-corrected chi connectivity index (χ3v) is 10.1. The van der Waals surface area contributed by atoms with E-state index in [-0.39, 0.29) is 11.5 Å². The topological polar surface area (TPSA) is 37.3 Å². The van der Waals surface area contributed by atoms with E-state index >= 15 is 0 Å². The van der Waals surface area contributed by atoms with Crippen LogP contribution in [0.5, 0.6) is 0 Å². The highest BCUT2D eigenvalue weighted by atomic mass is 16.3. The molecule has 4 rings (SSSR count). The summed E-state index contributed by atoms with van der Waals surface area (Å²) < 4.78 is 0. The lowest BCUT2D eigenvalue weighted by molar-refractivity contribution is -0.127. The number of aliphatic hydroxyl groups is 1. The van der Waals surface area contributed by atoms with Gasteiger partial charge in [-0.25, -0.2) is 0 Å². The second-order valence-corrected chi connectivity index (χ2v) is 11.9. The molecule has 0 aromatic rings. The van der Waals surface area contributed by atoms with Gasteiger partial charge in [0.05, 0.1) is 11.5 Å². The molecule has 1 N–H and O–H groups in total. The maximum absolute atomic E-state index is 12.5. The van der Waals surface area contributed by atoms with Gasteiger partial charge in [0.2, 0.25) is 0 Å². The molecule has 4 aliphatic carbocycles. The number of rotatable bonds is 6. The van der Waals surface area contributed by atoms with Crippen LogP contribution in [0.1, 0.15) is 98.3 Å². The van der Waals surface area contributed by atoms with Crippen molar-refractivity contribution in [1.29, 1.82) is 0 Å². The summed E-state index contributed by atoms with van der Waals surface area (Å²) in [6, 6.07) is 0. The van der Waals surface area contributed by atoms with Gasteiger partial charge >= 0.3 is 0 Å². The zero-order valence-electron chi connectivity index (χ0n) is 19.3. The first kappa shape index (κ1) is 21.6. The van der Waals surface area contributed by atoms with E-state index in [0.717, 1.165) is 49.4 Å². The van der Waals surface area contributed by atoms with Gasteiger partial charge in [-0.2, -0.15) is 0 Å². The first-order valence-electron chi connectivity index (χ1n) is 12.7. The van der Waals surface area contributed by atoms with Crippen LogP contribution in [0.2, 0.25) is 0 Å². The average Bonchev–Trinajstić information content (AvgIpc) is 3.04. The molecule has 0 aromatic heterocycles. The van der Waals surface area contributed by atoms with Crippen LogP contribution in [0.3, 0.4) is 0 Å². The predicted octanol–water partition coefficient (Wildman–Crippen LogP) is 6.57. The first-order chi connectivity index (χ1) is 13.8. The smallest absolute Gasteiger partial charge is 0.130 e. The molecule has 0 radical (unpaired) electrons. The fraction of sp³-hybridized carbons (Fsp3) is 0.889. The van der Waals surface area contributed by atoms with E-state index in [4.69, 9.17) is 0 Å². The predicted molar refractivity (Wildman–Crippen MR) is 119 cm³/mol. The van der Waals surface area contributed by atoms with Crippen LogP contribution in [0.25, 0.3) is 0 Å². The molecule has 0 bridgehead atoms. The maximum Gasteiger partial charge on any atom is 0.130 e. The van der Waals surface area contributed by atoms with Crippen LogP contribution in [-0.4, -0.2) is 17.5 Å². The number of carbonyl (C=O) groups excluding carboxylic acids is 1. The van der Waals surface area contributed by atoms with E-state index in [9.17, 15) is 9.90 Å². The molecule has 0 heterocycles. The minimum absolute atomic E-state index is 0.234. The molecule has 0 aromatic carbocycles. The molecule has 0 aliphatic heterocycles. The summed E-state index contributed by atoms with van der Waals surface area (Å²) in [7, 11) is 0. The van der Waals surface area contributed by atoms with Crippen LogP contribution in [-0.2, 0) is 4.79 Å². The molecule has 8 atom stereocenters. The summed E-state index contributed by atoms with van der Waals surface area (Å²) in [5.41, 5.74) is 1.51. The van der Waals surface area contributed by atoms with Gasteiger partial charge in [-0.1, -0.05) is 58.6 Å². The largest absolute Gasteiger partial charge is 0.393 e. The van der Waals surface area contributed by atoms with Crippen molar-refractivity contribution in [2.45, 2.75) is 104 Å². The fourth-order valence-corrected chi connectivity index (χ4v) is 8.59. The molecule has 2 heteroatoms. The quantitative estimate of drug-likeness (QED) is 0.404. The van der Waals surface area contributed by atoms with Gasteiger partial charge in [0.15, 0.2) is 0 Å². The molecule has 2 nitrogen and oxygen atoms in total. The van der Waals surface area contributed by atoms with E-state index in [2.05, 4.69) is 33.8 Å². The minimum atomic E-state index is -0.246. The standard InChI is InChI=1S/C27H44O2/c1-18(2)6-5-7-19(3)23-10-11-24-22-9-8-20-16-21(29)12-15-27(20,17-28)25(22)13-14-26(23,24)4/h8,17-19,21-25,29H,5-7,9-16H2,1-4H3/t19-,21-,22+,23+,24-,25+,26-,27-/m1/s1. The second kappa shape index (κ2) is 8.13. The Morgan fingerprint density at radius 1 is 1.10 bits per heavy atom. The van der Waals surface area contributed by atoms with Gasteiger partial charge in [-0.05, 0) is 92.3 Å². The first-order valence-corrected chi connectivity index (χ1v) is 12.7. The number of aldehydes is 1. The Kier molecular flexibility index (Phi) is 6.06. The number of carbonyl (C=O) groups is 1. The molecule has 4 aliphatic rings. The molecule has 0 amide bonds. The van der Waals surface area contributed by atoms with Crippen LogP contribution in [0.4, 0.5) is 0 Å². The van der Waals surface area contributed by atoms with Crippen LogP contribution >= 0.6 is 0 Å². The molecule has 3 fully saturated rings. The van der Waals surface area contributed by atoms with E-state index in [1.165, 1.54) is 56.8 Å². The van der Waals surface area contributed by atoms with Crippen LogP contribution in [0, 0.1) is 46.3 Å². The number of allylic oxidation sites excluding steroid dienone is 1.